The number of para-hydroxylation sites is 2. The van der Waals surface area contributed by atoms with Crippen molar-refractivity contribution in [2.24, 2.45) is 5.92 Å². The predicted octanol–water partition coefficient (Wildman–Crippen LogP) is 5.23. The summed E-state index contributed by atoms with van der Waals surface area (Å²) >= 11 is 1.57. The fourth-order valence-electron chi connectivity index (χ4n) is 4.29. The van der Waals surface area contributed by atoms with E-state index in [0.717, 1.165) is 16.1 Å². The molecule has 1 saturated heterocycles. The minimum atomic E-state index is -0.816. The highest BCUT2D eigenvalue weighted by atomic mass is 32.1. The van der Waals surface area contributed by atoms with Gasteiger partial charge >= 0.3 is 5.97 Å². The van der Waals surface area contributed by atoms with E-state index >= 15 is 0 Å². The van der Waals surface area contributed by atoms with E-state index in [-0.39, 0.29) is 17.9 Å². The van der Waals surface area contributed by atoms with Crippen molar-refractivity contribution in [3.63, 3.8) is 0 Å². The molecule has 0 spiro atoms. The molecule has 0 amide bonds. The van der Waals surface area contributed by atoms with Gasteiger partial charge in [0.15, 0.2) is 5.58 Å². The summed E-state index contributed by atoms with van der Waals surface area (Å²) in [5.41, 5.74) is 0.200. The van der Waals surface area contributed by atoms with Crippen LogP contribution in [0.4, 0.5) is 0 Å². The van der Waals surface area contributed by atoms with Crippen LogP contribution in [0.2, 0.25) is 0 Å². The highest BCUT2D eigenvalue weighted by Crippen LogP contribution is 2.48. The number of fused-ring (bicyclic) bond motifs is 1. The summed E-state index contributed by atoms with van der Waals surface area (Å²) in [5, 5.41) is 6.51. The van der Waals surface area contributed by atoms with Gasteiger partial charge in [0.1, 0.15) is 21.7 Å². The SMILES string of the molecule is CC(C)C[C@@]1(C(=O)OC(C)(C)C)C[C@H](c2nc3ccccc3o2)[C@H](c2nccs2)N1. The number of carbonyl (C=O) groups is 1. The molecule has 30 heavy (non-hydrogen) atoms. The van der Waals surface area contributed by atoms with Crippen LogP contribution in [0.25, 0.3) is 11.1 Å². The number of benzene rings is 1. The first-order chi connectivity index (χ1) is 14.2. The second-order valence-electron chi connectivity index (χ2n) is 9.50. The Morgan fingerprint density at radius 3 is 2.77 bits per heavy atom. The number of hydrogen-bond donors (Lipinski definition) is 1. The van der Waals surface area contributed by atoms with Gasteiger partial charge in [-0.15, -0.1) is 11.3 Å². The number of thiazole rings is 1. The molecule has 3 atom stereocenters. The van der Waals surface area contributed by atoms with E-state index in [1.807, 2.05) is 50.4 Å². The molecule has 7 heteroatoms. The molecule has 1 aliphatic rings. The van der Waals surface area contributed by atoms with Gasteiger partial charge < -0.3 is 9.15 Å². The molecule has 2 aromatic heterocycles. The van der Waals surface area contributed by atoms with Crippen LogP contribution >= 0.6 is 11.3 Å². The molecule has 0 radical (unpaired) electrons. The van der Waals surface area contributed by atoms with Gasteiger partial charge in [-0.2, -0.15) is 0 Å². The number of nitrogens with zero attached hydrogens (tertiary/aromatic N) is 2. The van der Waals surface area contributed by atoms with Gasteiger partial charge in [-0.05, 0) is 51.7 Å². The van der Waals surface area contributed by atoms with Gasteiger partial charge in [0, 0.05) is 11.6 Å². The molecule has 160 valence electrons. The van der Waals surface area contributed by atoms with E-state index in [2.05, 4.69) is 24.1 Å². The summed E-state index contributed by atoms with van der Waals surface area (Å²) in [6.07, 6.45) is 3.01. The van der Waals surface area contributed by atoms with E-state index in [4.69, 9.17) is 14.1 Å². The van der Waals surface area contributed by atoms with Crippen LogP contribution in [0.15, 0.2) is 40.3 Å². The molecule has 0 bridgehead atoms. The molecular formula is C23H29N3O3S. The minimum absolute atomic E-state index is 0.116. The highest BCUT2D eigenvalue weighted by Gasteiger charge is 2.54. The van der Waals surface area contributed by atoms with Crippen LogP contribution < -0.4 is 5.32 Å². The van der Waals surface area contributed by atoms with E-state index in [1.54, 1.807) is 17.5 Å². The van der Waals surface area contributed by atoms with Crippen LogP contribution in [0.3, 0.4) is 0 Å². The van der Waals surface area contributed by atoms with Crippen molar-refractivity contribution < 1.29 is 13.9 Å². The molecule has 0 unspecified atom stereocenters. The number of esters is 1. The maximum absolute atomic E-state index is 13.4. The first-order valence-corrected chi connectivity index (χ1v) is 11.3. The van der Waals surface area contributed by atoms with Crippen LogP contribution in [0, 0.1) is 5.92 Å². The van der Waals surface area contributed by atoms with E-state index < -0.39 is 11.1 Å². The number of rotatable bonds is 5. The van der Waals surface area contributed by atoms with Crippen molar-refractivity contribution in [3.8, 4) is 0 Å². The fourth-order valence-corrected chi connectivity index (χ4v) is 5.04. The molecule has 1 N–H and O–H groups in total. The Morgan fingerprint density at radius 1 is 1.37 bits per heavy atom. The number of hydrogen-bond acceptors (Lipinski definition) is 7. The smallest absolute Gasteiger partial charge is 0.326 e. The topological polar surface area (TPSA) is 77.2 Å². The molecule has 6 nitrogen and oxygen atoms in total. The number of ether oxygens (including phenoxy) is 1. The maximum Gasteiger partial charge on any atom is 0.326 e. The van der Waals surface area contributed by atoms with E-state index in [1.165, 1.54) is 0 Å². The first-order valence-electron chi connectivity index (χ1n) is 10.4. The highest BCUT2D eigenvalue weighted by molar-refractivity contribution is 7.09. The average molecular weight is 428 g/mol. The molecule has 1 aromatic carbocycles. The standard InChI is InChI=1S/C23H29N3O3S/c1-14(2)12-23(21(27)29-22(3,4)5)13-15(18(26-23)20-24-10-11-30-20)19-25-16-8-6-7-9-17(16)28-19/h6-11,14-15,18,26H,12-13H2,1-5H3/t15-,18+,23-/m0/s1. The second-order valence-corrected chi connectivity index (χ2v) is 10.4. The van der Waals surface area contributed by atoms with Crippen LogP contribution in [0.1, 0.15) is 70.3 Å². The van der Waals surface area contributed by atoms with Gasteiger partial charge in [0.05, 0.1) is 12.0 Å². The summed E-state index contributed by atoms with van der Waals surface area (Å²) in [6.45, 7) is 9.95. The Balaban J connectivity index is 1.76. The van der Waals surface area contributed by atoms with E-state index in [9.17, 15) is 4.79 Å². The lowest BCUT2D eigenvalue weighted by molar-refractivity contribution is -0.163. The van der Waals surface area contributed by atoms with Gasteiger partial charge in [0.25, 0.3) is 0 Å². The Bertz CT molecular complexity index is 989. The molecule has 0 saturated carbocycles. The molecule has 3 heterocycles. The van der Waals surface area contributed by atoms with Crippen LogP contribution in [-0.2, 0) is 9.53 Å². The van der Waals surface area contributed by atoms with Crippen molar-refractivity contribution in [2.45, 2.75) is 70.6 Å². The van der Waals surface area contributed by atoms with Crippen molar-refractivity contribution in [3.05, 3.63) is 46.7 Å². The summed E-state index contributed by atoms with van der Waals surface area (Å²) in [6, 6.07) is 7.58. The Labute approximate surface area is 181 Å². The zero-order valence-electron chi connectivity index (χ0n) is 18.1. The molecule has 4 rings (SSSR count). The monoisotopic (exact) mass is 427 g/mol. The summed E-state index contributed by atoms with van der Waals surface area (Å²) < 4.78 is 12.0. The van der Waals surface area contributed by atoms with Crippen molar-refractivity contribution in [1.82, 2.24) is 15.3 Å². The van der Waals surface area contributed by atoms with Gasteiger partial charge in [-0.3, -0.25) is 10.1 Å². The minimum Gasteiger partial charge on any atom is -0.459 e. The molecule has 1 aliphatic heterocycles. The molecular weight excluding hydrogens is 398 g/mol. The lowest BCUT2D eigenvalue weighted by Crippen LogP contribution is -2.52. The lowest BCUT2D eigenvalue weighted by Gasteiger charge is -2.33. The second kappa shape index (κ2) is 7.78. The third-order valence-corrected chi connectivity index (χ3v) is 6.15. The zero-order chi connectivity index (χ0) is 21.5. The quantitative estimate of drug-likeness (QED) is 0.562. The van der Waals surface area contributed by atoms with E-state index in [0.29, 0.717) is 24.7 Å². The van der Waals surface area contributed by atoms with Crippen molar-refractivity contribution in [1.29, 1.82) is 0 Å². The Hall–Kier alpha value is -2.25. The van der Waals surface area contributed by atoms with Crippen LogP contribution in [-0.4, -0.2) is 27.1 Å². The normalized spacial score (nSPS) is 24.6. The third-order valence-electron chi connectivity index (χ3n) is 5.29. The van der Waals surface area contributed by atoms with Gasteiger partial charge in [-0.1, -0.05) is 26.0 Å². The summed E-state index contributed by atoms with van der Waals surface area (Å²) in [4.78, 5) is 22.7. The predicted molar refractivity (Wildman–Crippen MR) is 117 cm³/mol. The Morgan fingerprint density at radius 2 is 2.13 bits per heavy atom. The summed E-state index contributed by atoms with van der Waals surface area (Å²) in [5.74, 6) is 0.612. The molecule has 3 aromatic rings. The first kappa shape index (κ1) is 21.0. The fraction of sp³-hybridized carbons (Fsp3) is 0.522. The lowest BCUT2D eigenvalue weighted by atomic mass is 9.84. The zero-order valence-corrected chi connectivity index (χ0v) is 19.0. The average Bonchev–Trinajstić information content (AvgIpc) is 3.37. The number of oxazole rings is 1. The van der Waals surface area contributed by atoms with Crippen LogP contribution in [0.5, 0.6) is 0 Å². The van der Waals surface area contributed by atoms with Crippen molar-refractivity contribution >= 4 is 28.4 Å². The van der Waals surface area contributed by atoms with Gasteiger partial charge in [-0.25, -0.2) is 9.97 Å². The molecule has 1 fully saturated rings. The largest absolute Gasteiger partial charge is 0.459 e. The van der Waals surface area contributed by atoms with Crippen molar-refractivity contribution in [2.75, 3.05) is 0 Å². The van der Waals surface area contributed by atoms with Gasteiger partial charge in [0.2, 0.25) is 5.89 Å². The Kier molecular flexibility index (Phi) is 5.45. The summed E-state index contributed by atoms with van der Waals surface area (Å²) in [7, 11) is 0. The number of carbonyl (C=O) groups excluding carboxylic acids is 1. The maximum atomic E-state index is 13.4. The third kappa shape index (κ3) is 4.14. The number of aromatic nitrogens is 2. The number of nitrogens with one attached hydrogen (secondary N) is 1. The molecule has 0 aliphatic carbocycles.